The summed E-state index contributed by atoms with van der Waals surface area (Å²) in [4.78, 5) is 2.36. The zero-order valence-corrected chi connectivity index (χ0v) is 12.2. The molecule has 18 heavy (non-hydrogen) atoms. The maximum atomic E-state index is 13.9. The summed E-state index contributed by atoms with van der Waals surface area (Å²) in [5.74, 6) is 0.403. The van der Waals surface area contributed by atoms with Crippen molar-refractivity contribution in [3.63, 3.8) is 0 Å². The van der Waals surface area contributed by atoms with Gasteiger partial charge in [0.2, 0.25) is 0 Å². The number of hydrogen-bond donors (Lipinski definition) is 0. The zero-order chi connectivity index (χ0) is 13.0. The number of ether oxygens (including phenoxy) is 1. The number of alkyl halides is 1. The average Bonchev–Trinajstić information content (AvgIpc) is 2.29. The smallest absolute Gasteiger partial charge is 0.131 e. The standard InChI is InChI=1S/C14H19BrFNO/c1-18-13-6-5-11(14(16)9-13)10-17(8-7-15)12-3-2-4-12/h5-6,9,12H,2-4,7-8,10H2,1H3. The first-order valence-corrected chi connectivity index (χ1v) is 7.49. The van der Waals surface area contributed by atoms with Gasteiger partial charge in [-0.3, -0.25) is 4.90 Å². The maximum absolute atomic E-state index is 13.9. The summed E-state index contributed by atoms with van der Waals surface area (Å²) < 4.78 is 18.9. The third-order valence-corrected chi connectivity index (χ3v) is 3.95. The molecule has 2 rings (SSSR count). The van der Waals surface area contributed by atoms with Gasteiger partial charge in [-0.15, -0.1) is 0 Å². The highest BCUT2D eigenvalue weighted by Crippen LogP contribution is 2.27. The number of rotatable bonds is 6. The minimum absolute atomic E-state index is 0.173. The number of hydrogen-bond acceptors (Lipinski definition) is 2. The van der Waals surface area contributed by atoms with E-state index in [9.17, 15) is 4.39 Å². The van der Waals surface area contributed by atoms with Crippen molar-refractivity contribution in [1.82, 2.24) is 4.90 Å². The van der Waals surface area contributed by atoms with Crippen molar-refractivity contribution in [3.8, 4) is 5.75 Å². The Morgan fingerprint density at radius 1 is 1.44 bits per heavy atom. The summed E-state index contributed by atoms with van der Waals surface area (Å²) in [6.07, 6.45) is 3.78. The fourth-order valence-electron chi connectivity index (χ4n) is 2.25. The van der Waals surface area contributed by atoms with Gasteiger partial charge in [-0.1, -0.05) is 28.4 Å². The van der Waals surface area contributed by atoms with E-state index in [0.717, 1.165) is 17.4 Å². The lowest BCUT2D eigenvalue weighted by Gasteiger charge is -2.37. The van der Waals surface area contributed by atoms with Crippen LogP contribution in [-0.2, 0) is 6.54 Å². The summed E-state index contributed by atoms with van der Waals surface area (Å²) in [6, 6.07) is 5.74. The largest absolute Gasteiger partial charge is 0.497 e. The number of halogens is 2. The predicted octanol–water partition coefficient (Wildman–Crippen LogP) is 3.58. The Morgan fingerprint density at radius 3 is 2.72 bits per heavy atom. The molecule has 0 unspecified atom stereocenters. The third-order valence-electron chi connectivity index (χ3n) is 3.60. The Balaban J connectivity index is 2.05. The second kappa shape index (κ2) is 6.53. The molecule has 0 saturated heterocycles. The second-order valence-electron chi connectivity index (χ2n) is 4.70. The van der Waals surface area contributed by atoms with Gasteiger partial charge in [-0.2, -0.15) is 0 Å². The van der Waals surface area contributed by atoms with Gasteiger partial charge in [0.25, 0.3) is 0 Å². The van der Waals surface area contributed by atoms with Crippen LogP contribution in [0.2, 0.25) is 0 Å². The van der Waals surface area contributed by atoms with E-state index < -0.39 is 0 Å². The molecule has 1 aliphatic rings. The SMILES string of the molecule is COc1ccc(CN(CCBr)C2CCC2)c(F)c1. The van der Waals surface area contributed by atoms with Crippen molar-refractivity contribution in [2.45, 2.75) is 31.8 Å². The van der Waals surface area contributed by atoms with E-state index >= 15 is 0 Å². The van der Waals surface area contributed by atoms with Crippen molar-refractivity contribution in [2.24, 2.45) is 0 Å². The van der Waals surface area contributed by atoms with E-state index in [-0.39, 0.29) is 5.82 Å². The number of nitrogens with zero attached hydrogens (tertiary/aromatic N) is 1. The molecule has 0 amide bonds. The quantitative estimate of drug-likeness (QED) is 0.744. The monoisotopic (exact) mass is 315 g/mol. The van der Waals surface area contributed by atoms with Crippen LogP contribution in [0.25, 0.3) is 0 Å². The van der Waals surface area contributed by atoms with Gasteiger partial charge in [0.05, 0.1) is 7.11 Å². The fourth-order valence-corrected chi connectivity index (χ4v) is 2.71. The van der Waals surface area contributed by atoms with E-state index in [2.05, 4.69) is 20.8 Å². The van der Waals surface area contributed by atoms with Crippen LogP contribution in [0.4, 0.5) is 4.39 Å². The highest BCUT2D eigenvalue weighted by atomic mass is 79.9. The van der Waals surface area contributed by atoms with Crippen LogP contribution in [0.1, 0.15) is 24.8 Å². The molecule has 0 aliphatic heterocycles. The number of methoxy groups -OCH3 is 1. The van der Waals surface area contributed by atoms with Gasteiger partial charge in [0, 0.05) is 36.1 Å². The minimum Gasteiger partial charge on any atom is -0.497 e. The van der Waals surface area contributed by atoms with Crippen molar-refractivity contribution >= 4 is 15.9 Å². The lowest BCUT2D eigenvalue weighted by atomic mass is 9.91. The molecule has 4 heteroatoms. The molecule has 1 aromatic rings. The van der Waals surface area contributed by atoms with Gasteiger partial charge in [-0.25, -0.2) is 4.39 Å². The molecule has 1 aliphatic carbocycles. The topological polar surface area (TPSA) is 12.5 Å². The van der Waals surface area contributed by atoms with Crippen molar-refractivity contribution in [3.05, 3.63) is 29.6 Å². The van der Waals surface area contributed by atoms with E-state index in [0.29, 0.717) is 18.3 Å². The number of benzene rings is 1. The molecule has 1 aromatic carbocycles. The highest BCUT2D eigenvalue weighted by molar-refractivity contribution is 9.09. The molecule has 0 aromatic heterocycles. The lowest BCUT2D eigenvalue weighted by molar-refractivity contribution is 0.126. The van der Waals surface area contributed by atoms with E-state index in [1.807, 2.05) is 12.1 Å². The normalized spacial score (nSPS) is 15.8. The Hall–Kier alpha value is -0.610. The van der Waals surface area contributed by atoms with Crippen LogP contribution in [-0.4, -0.2) is 29.9 Å². The average molecular weight is 316 g/mol. The Bertz CT molecular complexity index is 395. The lowest BCUT2D eigenvalue weighted by Crippen LogP contribution is -2.40. The summed E-state index contributed by atoms with van der Waals surface area (Å²) >= 11 is 3.47. The van der Waals surface area contributed by atoms with Gasteiger partial charge in [0.1, 0.15) is 11.6 Å². The second-order valence-corrected chi connectivity index (χ2v) is 5.49. The molecule has 0 bridgehead atoms. The fraction of sp³-hybridized carbons (Fsp3) is 0.571. The first-order valence-electron chi connectivity index (χ1n) is 6.37. The molecule has 0 heterocycles. The summed E-state index contributed by atoms with van der Waals surface area (Å²) in [7, 11) is 1.56. The van der Waals surface area contributed by atoms with E-state index in [4.69, 9.17) is 4.74 Å². The first-order chi connectivity index (χ1) is 8.74. The molecule has 0 atom stereocenters. The molecule has 1 fully saturated rings. The molecule has 100 valence electrons. The van der Waals surface area contributed by atoms with Crippen LogP contribution in [0.5, 0.6) is 5.75 Å². The zero-order valence-electron chi connectivity index (χ0n) is 10.7. The molecule has 0 spiro atoms. The van der Waals surface area contributed by atoms with Crippen LogP contribution in [0.3, 0.4) is 0 Å². The minimum atomic E-state index is -0.173. The van der Waals surface area contributed by atoms with Crippen LogP contribution in [0, 0.1) is 5.82 Å². The van der Waals surface area contributed by atoms with Gasteiger partial charge < -0.3 is 4.74 Å². The summed E-state index contributed by atoms with van der Waals surface area (Å²) in [5.41, 5.74) is 0.753. The maximum Gasteiger partial charge on any atom is 0.131 e. The van der Waals surface area contributed by atoms with Crippen LogP contribution < -0.4 is 4.74 Å². The predicted molar refractivity (Wildman–Crippen MR) is 74.8 cm³/mol. The molecular formula is C14H19BrFNO. The van der Waals surface area contributed by atoms with E-state index in [1.165, 1.54) is 25.3 Å². The van der Waals surface area contributed by atoms with Crippen molar-refractivity contribution in [2.75, 3.05) is 19.0 Å². The van der Waals surface area contributed by atoms with Gasteiger partial charge in [0.15, 0.2) is 0 Å². The summed E-state index contributed by atoms with van der Waals surface area (Å²) in [6.45, 7) is 1.65. The van der Waals surface area contributed by atoms with Crippen LogP contribution in [0.15, 0.2) is 18.2 Å². The Kier molecular flexibility index (Phi) is 5.01. The van der Waals surface area contributed by atoms with Crippen LogP contribution >= 0.6 is 15.9 Å². The van der Waals surface area contributed by atoms with Gasteiger partial charge in [-0.05, 0) is 18.9 Å². The molecular weight excluding hydrogens is 297 g/mol. The van der Waals surface area contributed by atoms with Gasteiger partial charge >= 0.3 is 0 Å². The molecule has 1 saturated carbocycles. The first kappa shape index (κ1) is 13.8. The highest BCUT2D eigenvalue weighted by Gasteiger charge is 2.25. The molecule has 0 N–H and O–H groups in total. The Labute approximate surface area is 116 Å². The van der Waals surface area contributed by atoms with Crippen molar-refractivity contribution < 1.29 is 9.13 Å². The summed E-state index contributed by atoms with van der Waals surface area (Å²) in [5, 5.41) is 0.932. The van der Waals surface area contributed by atoms with E-state index in [1.54, 1.807) is 7.11 Å². The third kappa shape index (κ3) is 3.23. The molecule has 0 radical (unpaired) electrons. The molecule has 2 nitrogen and oxygen atoms in total. The van der Waals surface area contributed by atoms with Crippen molar-refractivity contribution in [1.29, 1.82) is 0 Å². The Morgan fingerprint density at radius 2 is 2.22 bits per heavy atom.